The monoisotopic (exact) mass is 412 g/mol. The van der Waals surface area contributed by atoms with Crippen molar-refractivity contribution >= 4 is 5.78 Å². The van der Waals surface area contributed by atoms with Crippen molar-refractivity contribution in [3.8, 4) is 0 Å². The van der Waals surface area contributed by atoms with Crippen LogP contribution in [0.3, 0.4) is 0 Å². The van der Waals surface area contributed by atoms with Gasteiger partial charge in [-0.15, -0.1) is 0 Å². The Kier molecular flexibility index (Phi) is 5.20. The van der Waals surface area contributed by atoms with Crippen LogP contribution in [-0.2, 0) is 32.5 Å². The highest BCUT2D eigenvalue weighted by atomic mass is 16.1. The summed E-state index contributed by atoms with van der Waals surface area (Å²) in [4.78, 5) is 20.5. The molecular formula is C26H28N4O. The maximum atomic E-state index is 13.6. The van der Waals surface area contributed by atoms with Gasteiger partial charge in [0.15, 0.2) is 0 Å². The van der Waals surface area contributed by atoms with Gasteiger partial charge in [0.05, 0.1) is 12.1 Å². The fraction of sp³-hybridized carbons (Fsp3) is 0.308. The molecule has 1 aliphatic heterocycles. The summed E-state index contributed by atoms with van der Waals surface area (Å²) < 4.78 is 3.94. The van der Waals surface area contributed by atoms with E-state index in [4.69, 9.17) is 0 Å². The number of hydrogen-bond acceptors (Lipinski definition) is 3. The molecule has 0 saturated heterocycles. The van der Waals surface area contributed by atoms with Gasteiger partial charge in [-0.05, 0) is 30.0 Å². The largest absolute Gasteiger partial charge is 0.294 e. The molecule has 5 nitrogen and oxygen atoms in total. The first kappa shape index (κ1) is 19.8. The second-order valence-electron chi connectivity index (χ2n) is 8.53. The lowest BCUT2D eigenvalue weighted by molar-refractivity contribution is 0.240. The second-order valence-corrected chi connectivity index (χ2v) is 8.53. The lowest BCUT2D eigenvalue weighted by Crippen LogP contribution is -2.38. The summed E-state index contributed by atoms with van der Waals surface area (Å²) in [5.74, 6) is 0.732. The molecule has 2 aromatic carbocycles. The molecule has 3 heterocycles. The molecule has 0 unspecified atom stereocenters. The molecule has 0 N–H and O–H groups in total. The van der Waals surface area contributed by atoms with Crippen molar-refractivity contribution < 1.29 is 0 Å². The Hall–Kier alpha value is -3.18. The number of rotatable bonds is 5. The minimum Gasteiger partial charge on any atom is -0.294 e. The summed E-state index contributed by atoms with van der Waals surface area (Å²) in [5, 5.41) is 0. The van der Waals surface area contributed by atoms with Gasteiger partial charge < -0.3 is 0 Å². The van der Waals surface area contributed by atoms with Gasteiger partial charge in [-0.2, -0.15) is 0 Å². The van der Waals surface area contributed by atoms with Gasteiger partial charge in [-0.25, -0.2) is 4.98 Å². The fourth-order valence-electron chi connectivity index (χ4n) is 4.63. The summed E-state index contributed by atoms with van der Waals surface area (Å²) >= 11 is 0. The van der Waals surface area contributed by atoms with Crippen LogP contribution in [0.15, 0.2) is 65.7 Å². The first-order chi connectivity index (χ1) is 15.1. The van der Waals surface area contributed by atoms with E-state index in [0.717, 1.165) is 48.5 Å². The third-order valence-corrected chi connectivity index (χ3v) is 6.31. The molecule has 0 saturated carbocycles. The SMILES string of the molecule is CCc1ccc(Cn2c(=O)c3c(n4ccnc24)CCN(Cc2cccc(C)c2)C3)cc1. The summed E-state index contributed by atoms with van der Waals surface area (Å²) in [6, 6.07) is 17.1. The molecule has 0 spiro atoms. The van der Waals surface area contributed by atoms with Crippen LogP contribution in [0, 0.1) is 6.92 Å². The number of nitrogens with zero attached hydrogens (tertiary/aromatic N) is 4. The molecule has 31 heavy (non-hydrogen) atoms. The Morgan fingerprint density at radius 3 is 2.58 bits per heavy atom. The Morgan fingerprint density at radius 1 is 1.00 bits per heavy atom. The molecule has 0 atom stereocenters. The van der Waals surface area contributed by atoms with E-state index in [0.29, 0.717) is 13.1 Å². The van der Waals surface area contributed by atoms with E-state index in [2.05, 4.69) is 76.7 Å². The summed E-state index contributed by atoms with van der Waals surface area (Å²) in [6.07, 6.45) is 5.65. The van der Waals surface area contributed by atoms with Gasteiger partial charge in [0, 0.05) is 44.1 Å². The van der Waals surface area contributed by atoms with Crippen LogP contribution < -0.4 is 5.56 Å². The molecule has 2 aromatic heterocycles. The van der Waals surface area contributed by atoms with E-state index in [1.54, 1.807) is 6.20 Å². The molecule has 5 heteroatoms. The smallest absolute Gasteiger partial charge is 0.259 e. The second kappa shape index (κ2) is 8.16. The maximum absolute atomic E-state index is 13.6. The summed E-state index contributed by atoms with van der Waals surface area (Å²) in [5.41, 5.74) is 7.08. The molecule has 0 amide bonds. The molecule has 158 valence electrons. The van der Waals surface area contributed by atoms with Gasteiger partial charge >= 0.3 is 0 Å². The summed E-state index contributed by atoms with van der Waals surface area (Å²) in [7, 11) is 0. The van der Waals surface area contributed by atoms with Crippen LogP contribution in [-0.4, -0.2) is 25.4 Å². The molecule has 0 radical (unpaired) electrons. The molecule has 1 aliphatic rings. The lowest BCUT2D eigenvalue weighted by atomic mass is 10.0. The predicted octanol–water partition coefficient (Wildman–Crippen LogP) is 3.97. The topological polar surface area (TPSA) is 42.5 Å². The van der Waals surface area contributed by atoms with E-state index in [1.165, 1.54) is 16.7 Å². The van der Waals surface area contributed by atoms with Crippen LogP contribution >= 0.6 is 0 Å². The quantitative estimate of drug-likeness (QED) is 0.498. The first-order valence-electron chi connectivity index (χ1n) is 11.1. The van der Waals surface area contributed by atoms with Gasteiger partial charge in [0.1, 0.15) is 0 Å². The Bertz CT molecular complexity index is 1280. The highest BCUT2D eigenvalue weighted by molar-refractivity contribution is 5.39. The first-order valence-corrected chi connectivity index (χ1v) is 11.1. The van der Waals surface area contributed by atoms with E-state index in [9.17, 15) is 4.79 Å². The Labute approximate surface area is 182 Å². The molecule has 0 aliphatic carbocycles. The minimum atomic E-state index is 0.0854. The van der Waals surface area contributed by atoms with Crippen LogP contribution in [0.1, 0.15) is 40.4 Å². The van der Waals surface area contributed by atoms with Crippen LogP contribution in [0.5, 0.6) is 0 Å². The normalized spacial score (nSPS) is 14.1. The summed E-state index contributed by atoms with van der Waals surface area (Å²) in [6.45, 7) is 7.28. The van der Waals surface area contributed by atoms with Crippen molar-refractivity contribution in [2.75, 3.05) is 6.54 Å². The van der Waals surface area contributed by atoms with Crippen molar-refractivity contribution in [2.24, 2.45) is 0 Å². The number of aromatic nitrogens is 3. The van der Waals surface area contributed by atoms with E-state index < -0.39 is 0 Å². The van der Waals surface area contributed by atoms with E-state index in [1.807, 2.05) is 10.8 Å². The van der Waals surface area contributed by atoms with Crippen LogP contribution in [0.25, 0.3) is 5.78 Å². The van der Waals surface area contributed by atoms with Gasteiger partial charge in [0.25, 0.3) is 5.56 Å². The average Bonchev–Trinajstić information content (AvgIpc) is 3.27. The Balaban J connectivity index is 1.50. The van der Waals surface area contributed by atoms with Gasteiger partial charge in [-0.1, -0.05) is 61.0 Å². The Morgan fingerprint density at radius 2 is 1.81 bits per heavy atom. The maximum Gasteiger partial charge on any atom is 0.259 e. The zero-order valence-corrected chi connectivity index (χ0v) is 18.2. The van der Waals surface area contributed by atoms with Crippen molar-refractivity contribution in [3.63, 3.8) is 0 Å². The molecule has 5 rings (SSSR count). The molecule has 4 aromatic rings. The number of benzene rings is 2. The molecular weight excluding hydrogens is 384 g/mol. The van der Waals surface area contributed by atoms with Crippen molar-refractivity contribution in [3.05, 3.63) is 105 Å². The fourth-order valence-corrected chi connectivity index (χ4v) is 4.63. The number of hydrogen-bond donors (Lipinski definition) is 0. The third-order valence-electron chi connectivity index (χ3n) is 6.31. The molecule has 0 bridgehead atoms. The minimum absolute atomic E-state index is 0.0854. The lowest BCUT2D eigenvalue weighted by Gasteiger charge is -2.29. The zero-order valence-electron chi connectivity index (χ0n) is 18.2. The van der Waals surface area contributed by atoms with Crippen LogP contribution in [0.4, 0.5) is 0 Å². The van der Waals surface area contributed by atoms with Crippen molar-refractivity contribution in [1.29, 1.82) is 0 Å². The van der Waals surface area contributed by atoms with Gasteiger partial charge in [-0.3, -0.25) is 18.7 Å². The third kappa shape index (κ3) is 3.81. The zero-order chi connectivity index (χ0) is 21.4. The number of aryl methyl sites for hydroxylation is 2. The average molecular weight is 413 g/mol. The highest BCUT2D eigenvalue weighted by Crippen LogP contribution is 2.20. The van der Waals surface area contributed by atoms with Crippen molar-refractivity contribution in [2.45, 2.75) is 46.3 Å². The number of imidazole rings is 1. The predicted molar refractivity (Wildman–Crippen MR) is 123 cm³/mol. The van der Waals surface area contributed by atoms with E-state index in [-0.39, 0.29) is 5.56 Å². The highest BCUT2D eigenvalue weighted by Gasteiger charge is 2.24. The van der Waals surface area contributed by atoms with Crippen molar-refractivity contribution in [1.82, 2.24) is 18.9 Å². The van der Waals surface area contributed by atoms with Crippen LogP contribution in [0.2, 0.25) is 0 Å². The molecule has 0 fully saturated rings. The van der Waals surface area contributed by atoms with E-state index >= 15 is 0 Å². The van der Waals surface area contributed by atoms with Gasteiger partial charge in [0.2, 0.25) is 5.78 Å². The standard InChI is InChI=1S/C26H28N4O/c1-3-20-7-9-21(10-8-20)17-30-25(31)23-18-28(16-22-6-4-5-19(2)15-22)13-11-24(23)29-14-12-27-26(29)30/h4-10,12,14-15H,3,11,13,16-18H2,1-2H3. The number of fused-ring (bicyclic) bond motifs is 3.